The van der Waals surface area contributed by atoms with Crippen LogP contribution in [0.2, 0.25) is 0 Å². The third kappa shape index (κ3) is 5.01. The molecule has 2 aromatic carbocycles. The van der Waals surface area contributed by atoms with E-state index < -0.39 is 20.6 Å². The van der Waals surface area contributed by atoms with Gasteiger partial charge >= 0.3 is 0 Å². The van der Waals surface area contributed by atoms with Crippen LogP contribution in [0, 0.1) is 10.1 Å². The average molecular weight is 364 g/mol. The van der Waals surface area contributed by atoms with Crippen molar-refractivity contribution in [2.45, 2.75) is 24.7 Å². The van der Waals surface area contributed by atoms with E-state index in [1.165, 1.54) is 24.3 Å². The molecule has 2 aromatic rings. The summed E-state index contributed by atoms with van der Waals surface area (Å²) in [5.74, 6) is 0.784. The first-order chi connectivity index (χ1) is 12.0. The average Bonchev–Trinajstić information content (AvgIpc) is 2.60. The van der Waals surface area contributed by atoms with Gasteiger partial charge in [0.1, 0.15) is 5.75 Å². The van der Waals surface area contributed by atoms with Gasteiger partial charge in [-0.3, -0.25) is 10.1 Å². The van der Waals surface area contributed by atoms with Gasteiger partial charge in [-0.2, -0.15) is 0 Å². The van der Waals surface area contributed by atoms with Crippen LogP contribution in [0.4, 0.5) is 5.69 Å². The molecule has 2 rings (SSSR count). The molecule has 0 aromatic heterocycles. The number of para-hydroxylation sites is 2. The van der Waals surface area contributed by atoms with E-state index in [0.29, 0.717) is 19.4 Å². The van der Waals surface area contributed by atoms with Gasteiger partial charge in [-0.15, -0.1) is 0 Å². The summed E-state index contributed by atoms with van der Waals surface area (Å²) in [6, 6.07) is 12.9. The minimum Gasteiger partial charge on any atom is -0.494 e. The zero-order chi connectivity index (χ0) is 18.3. The molecule has 7 nitrogen and oxygen atoms in total. The molecule has 0 spiro atoms. The number of nitro groups is 1. The molecule has 0 aliphatic carbocycles. The Morgan fingerprint density at radius 1 is 1.12 bits per heavy atom. The number of nitrogens with one attached hydrogen (secondary N) is 1. The molecule has 0 atom stereocenters. The highest BCUT2D eigenvalue weighted by molar-refractivity contribution is 7.89. The van der Waals surface area contributed by atoms with Crippen molar-refractivity contribution >= 4 is 15.7 Å². The van der Waals surface area contributed by atoms with Crippen LogP contribution in [0.25, 0.3) is 0 Å². The minimum atomic E-state index is -3.93. The van der Waals surface area contributed by atoms with Crippen molar-refractivity contribution in [2.75, 3.05) is 13.2 Å². The monoisotopic (exact) mass is 364 g/mol. The van der Waals surface area contributed by atoms with E-state index in [1.807, 2.05) is 31.2 Å². The lowest BCUT2D eigenvalue weighted by Crippen LogP contribution is -2.25. The molecule has 1 N–H and O–H groups in total. The molecule has 0 bridgehead atoms. The second-order valence-electron chi connectivity index (χ2n) is 5.27. The first kappa shape index (κ1) is 18.9. The molecule has 25 heavy (non-hydrogen) atoms. The van der Waals surface area contributed by atoms with Crippen LogP contribution in [0.1, 0.15) is 18.9 Å². The highest BCUT2D eigenvalue weighted by atomic mass is 32.2. The molecule has 0 amide bonds. The van der Waals surface area contributed by atoms with Crippen LogP contribution in [0.15, 0.2) is 53.4 Å². The summed E-state index contributed by atoms with van der Waals surface area (Å²) in [5, 5.41) is 11.0. The van der Waals surface area contributed by atoms with E-state index in [2.05, 4.69) is 4.72 Å². The number of sulfonamides is 1. The Hall–Kier alpha value is -2.45. The first-order valence-electron chi connectivity index (χ1n) is 7.89. The van der Waals surface area contributed by atoms with E-state index in [1.54, 1.807) is 0 Å². The summed E-state index contributed by atoms with van der Waals surface area (Å²) in [5.41, 5.74) is 0.561. The van der Waals surface area contributed by atoms with Gasteiger partial charge < -0.3 is 4.74 Å². The SMILES string of the molecule is CCOc1ccccc1CCCNS(=O)(=O)c1ccccc1[N+](=O)[O-]. The van der Waals surface area contributed by atoms with Crippen molar-refractivity contribution in [1.82, 2.24) is 4.72 Å². The van der Waals surface area contributed by atoms with E-state index in [0.717, 1.165) is 11.3 Å². The predicted octanol–water partition coefficient (Wildman–Crippen LogP) is 2.90. The van der Waals surface area contributed by atoms with Gasteiger partial charge in [-0.1, -0.05) is 30.3 Å². The number of hydrogen-bond acceptors (Lipinski definition) is 5. The summed E-state index contributed by atoms with van der Waals surface area (Å²) in [7, 11) is -3.93. The minimum absolute atomic E-state index is 0.175. The fourth-order valence-corrected chi connectivity index (χ4v) is 3.65. The van der Waals surface area contributed by atoms with Crippen LogP contribution in [0.3, 0.4) is 0 Å². The normalized spacial score (nSPS) is 11.2. The number of aryl methyl sites for hydroxylation is 1. The second-order valence-corrected chi connectivity index (χ2v) is 7.00. The van der Waals surface area contributed by atoms with Gasteiger partial charge in [0.2, 0.25) is 10.0 Å². The Labute approximate surface area is 146 Å². The molecule has 8 heteroatoms. The maximum Gasteiger partial charge on any atom is 0.289 e. The van der Waals surface area contributed by atoms with Gasteiger partial charge in [0.15, 0.2) is 4.90 Å². The van der Waals surface area contributed by atoms with Gasteiger partial charge in [-0.05, 0) is 37.5 Å². The highest BCUT2D eigenvalue weighted by Crippen LogP contribution is 2.23. The quantitative estimate of drug-likeness (QED) is 0.419. The lowest BCUT2D eigenvalue weighted by molar-refractivity contribution is -0.387. The van der Waals surface area contributed by atoms with Crippen LogP contribution in [0.5, 0.6) is 5.75 Å². The number of ether oxygens (including phenoxy) is 1. The molecule has 134 valence electrons. The van der Waals surface area contributed by atoms with Crippen molar-refractivity contribution in [3.8, 4) is 5.75 Å². The number of hydrogen-bond donors (Lipinski definition) is 1. The molecule has 0 saturated carbocycles. The molecular formula is C17H20N2O5S. The standard InChI is InChI=1S/C17H20N2O5S/c1-2-24-16-11-5-3-8-14(16)9-7-13-18-25(22,23)17-12-6-4-10-15(17)19(20)21/h3-6,8,10-12,18H,2,7,9,13H2,1H3. The topological polar surface area (TPSA) is 98.5 Å². The number of rotatable bonds is 9. The van der Waals surface area contributed by atoms with Crippen molar-refractivity contribution in [3.05, 3.63) is 64.2 Å². The van der Waals surface area contributed by atoms with Crippen molar-refractivity contribution < 1.29 is 18.1 Å². The lowest BCUT2D eigenvalue weighted by Gasteiger charge is -2.10. The van der Waals surface area contributed by atoms with E-state index in [-0.39, 0.29) is 11.4 Å². The molecule has 0 aliphatic heterocycles. The molecule has 0 unspecified atom stereocenters. The third-order valence-corrected chi connectivity index (χ3v) is 5.05. The van der Waals surface area contributed by atoms with Crippen LogP contribution < -0.4 is 9.46 Å². The van der Waals surface area contributed by atoms with Crippen molar-refractivity contribution in [1.29, 1.82) is 0 Å². The van der Waals surface area contributed by atoms with Crippen LogP contribution >= 0.6 is 0 Å². The summed E-state index contributed by atoms with van der Waals surface area (Å²) in [4.78, 5) is 9.96. The molecule has 0 heterocycles. The Kier molecular flexibility index (Phi) is 6.49. The zero-order valence-corrected chi connectivity index (χ0v) is 14.7. The van der Waals surface area contributed by atoms with E-state index >= 15 is 0 Å². The predicted molar refractivity (Wildman–Crippen MR) is 94.2 cm³/mol. The Bertz CT molecular complexity index is 836. The van der Waals surface area contributed by atoms with E-state index in [4.69, 9.17) is 4.74 Å². The van der Waals surface area contributed by atoms with Gasteiger partial charge in [0.25, 0.3) is 5.69 Å². The van der Waals surface area contributed by atoms with Gasteiger partial charge in [0, 0.05) is 12.6 Å². The highest BCUT2D eigenvalue weighted by Gasteiger charge is 2.24. The Morgan fingerprint density at radius 3 is 2.52 bits per heavy atom. The number of nitro benzene ring substituents is 1. The number of nitrogens with zero attached hydrogens (tertiary/aromatic N) is 1. The summed E-state index contributed by atoms with van der Waals surface area (Å²) in [6.45, 7) is 2.63. The van der Waals surface area contributed by atoms with Crippen molar-refractivity contribution in [2.24, 2.45) is 0 Å². The zero-order valence-electron chi connectivity index (χ0n) is 13.8. The summed E-state index contributed by atoms with van der Waals surface area (Å²) in [6.07, 6.45) is 1.18. The third-order valence-electron chi connectivity index (χ3n) is 3.54. The number of benzene rings is 2. The Balaban J connectivity index is 1.99. The molecular weight excluding hydrogens is 344 g/mol. The molecule has 0 radical (unpaired) electrons. The largest absolute Gasteiger partial charge is 0.494 e. The van der Waals surface area contributed by atoms with Gasteiger partial charge in [0.05, 0.1) is 11.5 Å². The lowest BCUT2D eigenvalue weighted by atomic mass is 10.1. The van der Waals surface area contributed by atoms with Crippen LogP contribution in [-0.2, 0) is 16.4 Å². The van der Waals surface area contributed by atoms with Crippen LogP contribution in [-0.4, -0.2) is 26.5 Å². The smallest absolute Gasteiger partial charge is 0.289 e. The summed E-state index contributed by atoms with van der Waals surface area (Å²) >= 11 is 0. The van der Waals surface area contributed by atoms with Crippen molar-refractivity contribution in [3.63, 3.8) is 0 Å². The maximum absolute atomic E-state index is 12.3. The molecule has 0 aliphatic rings. The molecule has 0 saturated heterocycles. The van der Waals surface area contributed by atoms with E-state index in [9.17, 15) is 18.5 Å². The Morgan fingerprint density at radius 2 is 1.80 bits per heavy atom. The fourth-order valence-electron chi connectivity index (χ4n) is 2.41. The second kappa shape index (κ2) is 8.59. The molecule has 0 fully saturated rings. The summed E-state index contributed by atoms with van der Waals surface area (Å²) < 4.78 is 32.5. The fraction of sp³-hybridized carbons (Fsp3) is 0.294. The maximum atomic E-state index is 12.3. The first-order valence-corrected chi connectivity index (χ1v) is 9.38. The van der Waals surface area contributed by atoms with Gasteiger partial charge in [-0.25, -0.2) is 13.1 Å².